The van der Waals surface area contributed by atoms with Crippen LogP contribution in [0.4, 0.5) is 0 Å². The van der Waals surface area contributed by atoms with Gasteiger partial charge in [0.1, 0.15) is 0 Å². The van der Waals surface area contributed by atoms with E-state index < -0.39 is 0 Å². The van der Waals surface area contributed by atoms with Crippen LogP contribution in [0.3, 0.4) is 0 Å². The van der Waals surface area contributed by atoms with Crippen molar-refractivity contribution < 1.29 is 0 Å². The second-order valence-electron chi connectivity index (χ2n) is 6.78. The molecule has 114 valence electrons. The van der Waals surface area contributed by atoms with Crippen LogP contribution in [-0.4, -0.2) is 23.6 Å². The van der Waals surface area contributed by atoms with Crippen LogP contribution in [0.5, 0.6) is 0 Å². The van der Waals surface area contributed by atoms with Crippen LogP contribution < -0.4 is 5.32 Å². The first-order valence-electron chi connectivity index (χ1n) is 8.40. The highest BCUT2D eigenvalue weighted by Crippen LogP contribution is 2.43. The lowest BCUT2D eigenvalue weighted by Gasteiger charge is -2.43. The van der Waals surface area contributed by atoms with E-state index in [2.05, 4.69) is 51.7 Å². The molecule has 3 atom stereocenters. The molecule has 0 saturated heterocycles. The first kappa shape index (κ1) is 17.4. The highest BCUT2D eigenvalue weighted by atomic mass is 32.2. The van der Waals surface area contributed by atoms with E-state index in [9.17, 15) is 0 Å². The van der Waals surface area contributed by atoms with Crippen LogP contribution in [0.2, 0.25) is 0 Å². The van der Waals surface area contributed by atoms with Crippen molar-refractivity contribution in [2.45, 2.75) is 84.4 Å². The number of rotatable bonds is 8. The second kappa shape index (κ2) is 8.56. The van der Waals surface area contributed by atoms with Crippen LogP contribution in [0, 0.1) is 11.3 Å². The van der Waals surface area contributed by atoms with E-state index in [0.29, 0.717) is 5.41 Å². The average molecular weight is 286 g/mol. The van der Waals surface area contributed by atoms with Gasteiger partial charge < -0.3 is 5.32 Å². The molecule has 0 aromatic rings. The largest absolute Gasteiger partial charge is 0.313 e. The van der Waals surface area contributed by atoms with Crippen molar-refractivity contribution in [1.29, 1.82) is 0 Å². The van der Waals surface area contributed by atoms with Gasteiger partial charge in [-0.15, -0.1) is 0 Å². The molecule has 0 aliphatic heterocycles. The summed E-state index contributed by atoms with van der Waals surface area (Å²) >= 11 is 2.24. The number of nitrogens with one attached hydrogen (secondary N) is 1. The van der Waals surface area contributed by atoms with Gasteiger partial charge in [-0.25, -0.2) is 0 Å². The van der Waals surface area contributed by atoms with Gasteiger partial charge in [-0.1, -0.05) is 47.5 Å². The molecule has 0 spiro atoms. The van der Waals surface area contributed by atoms with Crippen molar-refractivity contribution in [3.63, 3.8) is 0 Å². The molecule has 1 saturated carbocycles. The molecule has 1 aliphatic carbocycles. The summed E-state index contributed by atoms with van der Waals surface area (Å²) in [5.74, 6) is 2.27. The van der Waals surface area contributed by atoms with Crippen molar-refractivity contribution in [2.24, 2.45) is 11.3 Å². The number of hydrogen-bond donors (Lipinski definition) is 1. The summed E-state index contributed by atoms with van der Waals surface area (Å²) in [6, 6.07) is 0.760. The predicted octanol–water partition coefficient (Wildman–Crippen LogP) is 5.10. The van der Waals surface area contributed by atoms with E-state index in [1.165, 1.54) is 44.3 Å². The summed E-state index contributed by atoms with van der Waals surface area (Å²) in [6.45, 7) is 13.0. The van der Waals surface area contributed by atoms with Crippen LogP contribution in [0.15, 0.2) is 0 Å². The fraction of sp³-hybridized carbons (Fsp3) is 1.00. The highest BCUT2D eigenvalue weighted by Gasteiger charge is 2.36. The second-order valence-corrected chi connectivity index (χ2v) is 8.13. The first-order chi connectivity index (χ1) is 9.05. The fourth-order valence-electron chi connectivity index (χ4n) is 3.19. The Bertz CT molecular complexity index is 239. The van der Waals surface area contributed by atoms with Crippen LogP contribution in [0.1, 0.15) is 73.1 Å². The third kappa shape index (κ3) is 5.30. The fourth-order valence-corrected chi connectivity index (χ4v) is 4.78. The first-order valence-corrected chi connectivity index (χ1v) is 9.45. The standard InChI is InChI=1S/C17H35NS/c1-6-9-12-19-16-13-14(17(4,5)7-2)10-11-15(16)18-8-3/h14-16,18H,6-13H2,1-5H3. The summed E-state index contributed by atoms with van der Waals surface area (Å²) in [5, 5.41) is 4.57. The maximum atomic E-state index is 3.73. The zero-order chi connectivity index (χ0) is 14.3. The molecule has 0 aromatic carbocycles. The molecule has 2 heteroatoms. The van der Waals surface area contributed by atoms with Crippen LogP contribution in [-0.2, 0) is 0 Å². The van der Waals surface area contributed by atoms with Crippen LogP contribution >= 0.6 is 11.8 Å². The molecule has 0 radical (unpaired) electrons. The Morgan fingerprint density at radius 3 is 2.47 bits per heavy atom. The quantitative estimate of drug-likeness (QED) is 0.622. The van der Waals surface area contributed by atoms with Gasteiger partial charge in [0.25, 0.3) is 0 Å². The third-order valence-corrected chi connectivity index (χ3v) is 6.58. The minimum atomic E-state index is 0.529. The van der Waals surface area contributed by atoms with Gasteiger partial charge >= 0.3 is 0 Å². The van der Waals surface area contributed by atoms with Gasteiger partial charge in [0.15, 0.2) is 0 Å². The van der Waals surface area contributed by atoms with E-state index in [1.54, 1.807) is 0 Å². The lowest BCUT2D eigenvalue weighted by Crippen LogP contribution is -2.45. The molecule has 0 amide bonds. The van der Waals surface area contributed by atoms with Gasteiger partial charge in [-0.3, -0.25) is 0 Å². The zero-order valence-electron chi connectivity index (χ0n) is 13.8. The molecule has 1 rings (SSSR count). The highest BCUT2D eigenvalue weighted by molar-refractivity contribution is 7.99. The van der Waals surface area contributed by atoms with E-state index in [0.717, 1.165) is 23.8 Å². The van der Waals surface area contributed by atoms with E-state index in [1.807, 2.05) is 0 Å². The number of thioether (sulfide) groups is 1. The van der Waals surface area contributed by atoms with Gasteiger partial charge in [-0.2, -0.15) is 11.8 Å². The Morgan fingerprint density at radius 1 is 1.16 bits per heavy atom. The molecule has 3 unspecified atom stereocenters. The Kier molecular flexibility index (Phi) is 7.83. The van der Waals surface area contributed by atoms with Crippen LogP contribution in [0.25, 0.3) is 0 Å². The predicted molar refractivity (Wildman–Crippen MR) is 90.0 cm³/mol. The summed E-state index contributed by atoms with van der Waals surface area (Å²) in [4.78, 5) is 0. The van der Waals surface area contributed by atoms with Crippen molar-refractivity contribution in [3.05, 3.63) is 0 Å². The summed E-state index contributed by atoms with van der Waals surface area (Å²) < 4.78 is 0. The van der Waals surface area contributed by atoms with Crippen molar-refractivity contribution in [3.8, 4) is 0 Å². The van der Waals surface area contributed by atoms with Gasteiger partial charge in [0.05, 0.1) is 0 Å². The third-order valence-electron chi connectivity index (χ3n) is 5.10. The topological polar surface area (TPSA) is 12.0 Å². The van der Waals surface area contributed by atoms with E-state index in [4.69, 9.17) is 0 Å². The molecule has 19 heavy (non-hydrogen) atoms. The van der Waals surface area contributed by atoms with Gasteiger partial charge in [0, 0.05) is 11.3 Å². The minimum absolute atomic E-state index is 0.529. The lowest BCUT2D eigenvalue weighted by atomic mass is 9.68. The average Bonchev–Trinajstić information content (AvgIpc) is 2.41. The molecular formula is C17H35NS. The summed E-state index contributed by atoms with van der Waals surface area (Å²) in [6.07, 6.45) is 8.25. The number of unbranched alkanes of at least 4 members (excludes halogenated alkanes) is 1. The molecule has 0 aromatic heterocycles. The Morgan fingerprint density at radius 2 is 1.89 bits per heavy atom. The molecule has 1 nitrogen and oxygen atoms in total. The molecule has 1 fully saturated rings. The minimum Gasteiger partial charge on any atom is -0.313 e. The molecule has 1 N–H and O–H groups in total. The van der Waals surface area contributed by atoms with Gasteiger partial charge in [-0.05, 0) is 49.3 Å². The Balaban J connectivity index is 2.57. The maximum Gasteiger partial charge on any atom is 0.0204 e. The molecular weight excluding hydrogens is 250 g/mol. The summed E-state index contributed by atoms with van der Waals surface area (Å²) in [7, 11) is 0. The van der Waals surface area contributed by atoms with Crippen molar-refractivity contribution in [1.82, 2.24) is 5.32 Å². The SMILES string of the molecule is CCCCSC1CC(C(C)(C)CC)CCC1NCC. The van der Waals surface area contributed by atoms with Crippen molar-refractivity contribution >= 4 is 11.8 Å². The smallest absolute Gasteiger partial charge is 0.0204 e. The normalized spacial score (nSPS) is 28.6. The monoisotopic (exact) mass is 285 g/mol. The summed E-state index contributed by atoms with van der Waals surface area (Å²) in [5.41, 5.74) is 0.529. The zero-order valence-corrected chi connectivity index (χ0v) is 14.6. The lowest BCUT2D eigenvalue weighted by molar-refractivity contribution is 0.141. The number of hydrogen-bond acceptors (Lipinski definition) is 2. The molecule has 0 heterocycles. The maximum absolute atomic E-state index is 3.73. The van der Waals surface area contributed by atoms with E-state index >= 15 is 0 Å². The Labute approximate surface area is 125 Å². The van der Waals surface area contributed by atoms with Crippen molar-refractivity contribution in [2.75, 3.05) is 12.3 Å². The molecule has 1 aliphatic rings. The Hall–Kier alpha value is 0.310. The van der Waals surface area contributed by atoms with E-state index in [-0.39, 0.29) is 0 Å². The van der Waals surface area contributed by atoms with Gasteiger partial charge in [0.2, 0.25) is 0 Å². The molecule has 0 bridgehead atoms.